The Labute approximate surface area is 103 Å². The summed E-state index contributed by atoms with van der Waals surface area (Å²) in [6.07, 6.45) is -3.55. The fourth-order valence-corrected chi connectivity index (χ4v) is 1.67. The third-order valence-electron chi connectivity index (χ3n) is 1.75. The van der Waals surface area contributed by atoms with Gasteiger partial charge in [0.2, 0.25) is 11.3 Å². The van der Waals surface area contributed by atoms with E-state index in [9.17, 15) is 22.8 Å². The molecule has 1 aromatic heterocycles. The number of alkyl halides is 3. The van der Waals surface area contributed by atoms with Gasteiger partial charge < -0.3 is 9.88 Å². The molecule has 0 saturated heterocycles. The minimum Gasteiger partial charge on any atom is -0.354 e. The molecule has 0 aromatic carbocycles. The maximum atomic E-state index is 11.9. The SMILES string of the molecule is Cn1cc(Br)c(=O)c(NC(=O)CC(F)(F)F)c1. The van der Waals surface area contributed by atoms with Gasteiger partial charge in [0.05, 0.1) is 4.47 Å². The average molecular weight is 313 g/mol. The number of nitrogens with zero attached hydrogens (tertiary/aromatic N) is 1. The van der Waals surface area contributed by atoms with E-state index in [-0.39, 0.29) is 10.2 Å². The molecule has 4 nitrogen and oxygen atoms in total. The Balaban J connectivity index is 2.89. The normalized spacial score (nSPS) is 11.4. The second-order valence-corrected chi connectivity index (χ2v) is 4.21. The molecule has 1 rings (SSSR count). The number of anilines is 1. The number of carbonyl (C=O) groups is 1. The van der Waals surface area contributed by atoms with Gasteiger partial charge in [-0.25, -0.2) is 0 Å². The van der Waals surface area contributed by atoms with Crippen LogP contribution in [0, 0.1) is 0 Å². The summed E-state index contributed by atoms with van der Waals surface area (Å²) >= 11 is 2.94. The number of aromatic nitrogens is 1. The van der Waals surface area contributed by atoms with Gasteiger partial charge in [-0.15, -0.1) is 0 Å². The summed E-state index contributed by atoms with van der Waals surface area (Å²) in [7, 11) is 1.57. The maximum absolute atomic E-state index is 11.9. The first-order valence-electron chi connectivity index (χ1n) is 4.41. The van der Waals surface area contributed by atoms with Gasteiger partial charge >= 0.3 is 6.18 Å². The summed E-state index contributed by atoms with van der Waals surface area (Å²) in [5.74, 6) is -1.27. The fourth-order valence-electron chi connectivity index (χ4n) is 1.13. The van der Waals surface area contributed by atoms with Crippen LogP contribution in [0.25, 0.3) is 0 Å². The van der Waals surface area contributed by atoms with Crippen LogP contribution in [-0.4, -0.2) is 16.7 Å². The highest BCUT2D eigenvalue weighted by Gasteiger charge is 2.31. The van der Waals surface area contributed by atoms with Crippen LogP contribution in [0.15, 0.2) is 21.7 Å². The molecule has 1 aromatic rings. The van der Waals surface area contributed by atoms with Gasteiger partial charge in [0.15, 0.2) is 0 Å². The molecule has 0 saturated carbocycles. The maximum Gasteiger partial charge on any atom is 0.397 e. The van der Waals surface area contributed by atoms with Crippen LogP contribution in [0.2, 0.25) is 0 Å². The lowest BCUT2D eigenvalue weighted by Gasteiger charge is -2.08. The molecule has 17 heavy (non-hydrogen) atoms. The van der Waals surface area contributed by atoms with Crippen molar-refractivity contribution >= 4 is 27.5 Å². The highest BCUT2D eigenvalue weighted by molar-refractivity contribution is 9.10. The molecule has 94 valence electrons. The minimum atomic E-state index is -4.60. The first-order valence-corrected chi connectivity index (χ1v) is 5.21. The van der Waals surface area contributed by atoms with Crippen LogP contribution in [0.4, 0.5) is 18.9 Å². The molecule has 1 N–H and O–H groups in total. The van der Waals surface area contributed by atoms with E-state index in [0.717, 1.165) is 0 Å². The van der Waals surface area contributed by atoms with E-state index in [4.69, 9.17) is 0 Å². The Hall–Kier alpha value is -1.31. The van der Waals surface area contributed by atoms with E-state index in [1.807, 2.05) is 5.32 Å². The highest BCUT2D eigenvalue weighted by atomic mass is 79.9. The number of carbonyl (C=O) groups excluding carboxylic acids is 1. The predicted octanol–water partition coefficient (Wildman–Crippen LogP) is 2.04. The third kappa shape index (κ3) is 4.22. The molecule has 0 aliphatic rings. The molecule has 0 aliphatic heterocycles. The van der Waals surface area contributed by atoms with Crippen molar-refractivity contribution in [2.45, 2.75) is 12.6 Å². The Morgan fingerprint density at radius 3 is 2.59 bits per heavy atom. The zero-order chi connectivity index (χ0) is 13.2. The van der Waals surface area contributed by atoms with Crippen LogP contribution in [-0.2, 0) is 11.8 Å². The topological polar surface area (TPSA) is 51.1 Å². The number of pyridine rings is 1. The number of aryl methyl sites for hydroxylation is 1. The molecule has 0 bridgehead atoms. The predicted molar refractivity (Wildman–Crippen MR) is 58.7 cm³/mol. The largest absolute Gasteiger partial charge is 0.397 e. The van der Waals surface area contributed by atoms with Gasteiger partial charge in [-0.3, -0.25) is 9.59 Å². The first kappa shape index (κ1) is 13.8. The lowest BCUT2D eigenvalue weighted by Crippen LogP contribution is -2.24. The highest BCUT2D eigenvalue weighted by Crippen LogP contribution is 2.20. The van der Waals surface area contributed by atoms with Gasteiger partial charge in [-0.05, 0) is 15.9 Å². The zero-order valence-corrected chi connectivity index (χ0v) is 10.2. The summed E-state index contributed by atoms with van der Waals surface area (Å²) in [6, 6.07) is 0. The summed E-state index contributed by atoms with van der Waals surface area (Å²) in [4.78, 5) is 22.5. The van der Waals surface area contributed by atoms with Crippen LogP contribution in [0.1, 0.15) is 6.42 Å². The van der Waals surface area contributed by atoms with E-state index in [1.165, 1.54) is 17.0 Å². The van der Waals surface area contributed by atoms with Gasteiger partial charge in [0.1, 0.15) is 12.1 Å². The number of amides is 1. The quantitative estimate of drug-likeness (QED) is 0.908. The van der Waals surface area contributed by atoms with E-state index >= 15 is 0 Å². The fraction of sp³-hybridized carbons (Fsp3) is 0.333. The van der Waals surface area contributed by atoms with E-state index in [1.54, 1.807) is 7.05 Å². The molecule has 1 heterocycles. The molecule has 0 aliphatic carbocycles. The smallest absolute Gasteiger partial charge is 0.354 e. The minimum absolute atomic E-state index is 0.157. The molecule has 0 fully saturated rings. The van der Waals surface area contributed by atoms with Crippen LogP contribution in [0.3, 0.4) is 0 Å². The standard InChI is InChI=1S/C9H8BrF3N2O2/c1-15-3-5(10)8(17)6(4-15)14-7(16)2-9(11,12)13/h3-4H,2H2,1H3,(H,14,16). The van der Waals surface area contributed by atoms with Crippen molar-refractivity contribution in [1.29, 1.82) is 0 Å². The Morgan fingerprint density at radius 2 is 2.06 bits per heavy atom. The average Bonchev–Trinajstić information content (AvgIpc) is 2.10. The summed E-state index contributed by atoms with van der Waals surface area (Å²) in [5, 5.41) is 1.93. The summed E-state index contributed by atoms with van der Waals surface area (Å²) < 4.78 is 37.3. The number of nitrogens with one attached hydrogen (secondary N) is 1. The number of rotatable bonds is 2. The van der Waals surface area contributed by atoms with Gasteiger partial charge in [0, 0.05) is 19.4 Å². The third-order valence-corrected chi connectivity index (χ3v) is 2.31. The molecular weight excluding hydrogens is 305 g/mol. The van der Waals surface area contributed by atoms with E-state index in [2.05, 4.69) is 15.9 Å². The van der Waals surface area contributed by atoms with Gasteiger partial charge in [-0.2, -0.15) is 13.2 Å². The second kappa shape index (κ2) is 4.91. The Kier molecular flexibility index (Phi) is 3.97. The summed E-state index contributed by atoms with van der Waals surface area (Å²) in [6.45, 7) is 0. The zero-order valence-electron chi connectivity index (χ0n) is 8.64. The van der Waals surface area contributed by atoms with Crippen molar-refractivity contribution in [2.75, 3.05) is 5.32 Å². The lowest BCUT2D eigenvalue weighted by molar-refractivity contribution is -0.150. The van der Waals surface area contributed by atoms with Crippen molar-refractivity contribution in [2.24, 2.45) is 7.05 Å². The van der Waals surface area contributed by atoms with Crippen molar-refractivity contribution in [1.82, 2.24) is 4.57 Å². The van der Waals surface area contributed by atoms with E-state index in [0.29, 0.717) is 0 Å². The molecular formula is C9H8BrF3N2O2. The molecule has 0 atom stereocenters. The second-order valence-electron chi connectivity index (χ2n) is 3.35. The van der Waals surface area contributed by atoms with Crippen molar-refractivity contribution < 1.29 is 18.0 Å². The van der Waals surface area contributed by atoms with Crippen molar-refractivity contribution in [3.63, 3.8) is 0 Å². The van der Waals surface area contributed by atoms with Crippen LogP contribution >= 0.6 is 15.9 Å². The molecule has 0 radical (unpaired) electrons. The number of halogens is 4. The van der Waals surface area contributed by atoms with Crippen molar-refractivity contribution in [3.8, 4) is 0 Å². The molecule has 0 spiro atoms. The monoisotopic (exact) mass is 312 g/mol. The van der Waals surface area contributed by atoms with Gasteiger partial charge in [-0.1, -0.05) is 0 Å². The van der Waals surface area contributed by atoms with Crippen LogP contribution in [0.5, 0.6) is 0 Å². The lowest BCUT2D eigenvalue weighted by atomic mass is 10.3. The number of hydrogen-bond donors (Lipinski definition) is 1. The molecule has 8 heteroatoms. The molecule has 0 unspecified atom stereocenters. The Bertz CT molecular complexity index is 496. The summed E-state index contributed by atoms with van der Waals surface area (Å²) in [5.41, 5.74) is -0.769. The Morgan fingerprint density at radius 1 is 1.47 bits per heavy atom. The van der Waals surface area contributed by atoms with Gasteiger partial charge in [0.25, 0.3) is 0 Å². The number of hydrogen-bond acceptors (Lipinski definition) is 2. The van der Waals surface area contributed by atoms with E-state index < -0.39 is 23.9 Å². The van der Waals surface area contributed by atoms with Crippen molar-refractivity contribution in [3.05, 3.63) is 27.1 Å². The molecule has 1 amide bonds. The first-order chi connectivity index (χ1) is 7.69. The van der Waals surface area contributed by atoms with Crippen LogP contribution < -0.4 is 10.7 Å².